The molecule has 1 aliphatic carbocycles. The smallest absolute Gasteiger partial charge is 0.0612 e. The second kappa shape index (κ2) is 5.72. The molecule has 1 aliphatic rings. The van der Waals surface area contributed by atoms with Crippen LogP contribution in [0.15, 0.2) is 11.4 Å². The average molecular weight is 266 g/mol. The summed E-state index contributed by atoms with van der Waals surface area (Å²) in [5.41, 5.74) is 4.90. The zero-order chi connectivity index (χ0) is 13.2. The summed E-state index contributed by atoms with van der Waals surface area (Å²) in [6.45, 7) is 6.86. The minimum absolute atomic E-state index is 0.336. The molecule has 0 saturated heterocycles. The predicted octanol–water partition coefficient (Wildman–Crippen LogP) is 4.17. The largest absolute Gasteiger partial charge is 0.271 e. The quantitative estimate of drug-likeness (QED) is 0.620. The van der Waals surface area contributed by atoms with Crippen LogP contribution in [0.2, 0.25) is 0 Å². The molecular formula is C15H26N2S. The van der Waals surface area contributed by atoms with Gasteiger partial charge in [-0.1, -0.05) is 26.7 Å². The van der Waals surface area contributed by atoms with Gasteiger partial charge in [-0.05, 0) is 54.5 Å². The van der Waals surface area contributed by atoms with Crippen molar-refractivity contribution in [3.8, 4) is 0 Å². The van der Waals surface area contributed by atoms with Crippen molar-refractivity contribution in [2.75, 3.05) is 0 Å². The van der Waals surface area contributed by atoms with Gasteiger partial charge < -0.3 is 0 Å². The van der Waals surface area contributed by atoms with Crippen molar-refractivity contribution in [2.45, 2.75) is 58.9 Å². The van der Waals surface area contributed by atoms with E-state index in [4.69, 9.17) is 5.84 Å². The minimum Gasteiger partial charge on any atom is -0.271 e. The molecule has 2 nitrogen and oxygen atoms in total. The fourth-order valence-electron chi connectivity index (χ4n) is 3.71. The molecule has 0 aromatic carbocycles. The molecule has 0 amide bonds. The summed E-state index contributed by atoms with van der Waals surface area (Å²) in [5.74, 6) is 6.67. The van der Waals surface area contributed by atoms with Gasteiger partial charge in [-0.2, -0.15) is 0 Å². The second-order valence-electron chi connectivity index (χ2n) is 6.23. The number of thiophene rings is 1. The van der Waals surface area contributed by atoms with Crippen molar-refractivity contribution in [3.63, 3.8) is 0 Å². The summed E-state index contributed by atoms with van der Waals surface area (Å²) < 4.78 is 0. The Balaban J connectivity index is 2.31. The van der Waals surface area contributed by atoms with Crippen molar-refractivity contribution in [2.24, 2.45) is 17.2 Å². The molecule has 1 atom stereocenters. The Kier molecular flexibility index (Phi) is 4.46. The standard InChI is InChI=1S/C15H26N2S/c1-11(2)10-15(7-4-5-8-15)14(17-16)13-12(3)6-9-18-13/h6,9,11,14,17H,4-5,7-8,10,16H2,1-3H3. The molecule has 3 N–H and O–H groups in total. The predicted molar refractivity (Wildman–Crippen MR) is 79.5 cm³/mol. The van der Waals surface area contributed by atoms with Crippen LogP contribution in [0, 0.1) is 18.3 Å². The van der Waals surface area contributed by atoms with Crippen LogP contribution in [-0.4, -0.2) is 0 Å². The molecular weight excluding hydrogens is 240 g/mol. The van der Waals surface area contributed by atoms with Gasteiger partial charge in [0.1, 0.15) is 0 Å². The molecule has 1 heterocycles. The fraction of sp³-hybridized carbons (Fsp3) is 0.733. The van der Waals surface area contributed by atoms with Crippen molar-refractivity contribution in [1.82, 2.24) is 5.43 Å². The van der Waals surface area contributed by atoms with Crippen molar-refractivity contribution < 1.29 is 0 Å². The Bertz CT molecular complexity index is 378. The van der Waals surface area contributed by atoms with Gasteiger partial charge in [0.15, 0.2) is 0 Å². The number of nitrogens with one attached hydrogen (secondary N) is 1. The average Bonchev–Trinajstić information content (AvgIpc) is 2.90. The van der Waals surface area contributed by atoms with E-state index in [2.05, 4.69) is 37.6 Å². The minimum atomic E-state index is 0.336. The van der Waals surface area contributed by atoms with Crippen molar-refractivity contribution in [3.05, 3.63) is 21.9 Å². The topological polar surface area (TPSA) is 38.0 Å². The highest BCUT2D eigenvalue weighted by molar-refractivity contribution is 7.10. The Morgan fingerprint density at radius 1 is 1.39 bits per heavy atom. The number of hydrogen-bond acceptors (Lipinski definition) is 3. The maximum atomic E-state index is 5.93. The van der Waals surface area contributed by atoms with Gasteiger partial charge in [-0.25, -0.2) is 0 Å². The maximum absolute atomic E-state index is 5.93. The van der Waals surface area contributed by atoms with Crippen LogP contribution in [0.25, 0.3) is 0 Å². The lowest BCUT2D eigenvalue weighted by Gasteiger charge is -2.38. The Hall–Kier alpha value is -0.380. The second-order valence-corrected chi connectivity index (χ2v) is 7.18. The number of hydrazine groups is 1. The lowest BCUT2D eigenvalue weighted by Crippen LogP contribution is -2.41. The molecule has 2 rings (SSSR count). The van der Waals surface area contributed by atoms with Gasteiger partial charge in [-0.15, -0.1) is 11.3 Å². The third kappa shape index (κ3) is 2.63. The van der Waals surface area contributed by atoms with E-state index in [9.17, 15) is 0 Å². The molecule has 3 heteroatoms. The summed E-state index contributed by atoms with van der Waals surface area (Å²) in [6.07, 6.45) is 6.62. The summed E-state index contributed by atoms with van der Waals surface area (Å²) in [7, 11) is 0. The van der Waals surface area contributed by atoms with Gasteiger partial charge in [0.25, 0.3) is 0 Å². The summed E-state index contributed by atoms with van der Waals surface area (Å²) in [5, 5.41) is 2.19. The van der Waals surface area contributed by atoms with E-state index in [0.717, 1.165) is 5.92 Å². The molecule has 0 bridgehead atoms. The van der Waals surface area contributed by atoms with Crippen LogP contribution >= 0.6 is 11.3 Å². The molecule has 0 radical (unpaired) electrons. The molecule has 1 aromatic rings. The van der Waals surface area contributed by atoms with E-state index in [1.807, 2.05) is 11.3 Å². The lowest BCUT2D eigenvalue weighted by atomic mass is 9.72. The number of rotatable bonds is 5. The van der Waals surface area contributed by atoms with Crippen LogP contribution in [-0.2, 0) is 0 Å². The van der Waals surface area contributed by atoms with Crippen LogP contribution < -0.4 is 11.3 Å². The molecule has 1 saturated carbocycles. The van der Waals surface area contributed by atoms with E-state index >= 15 is 0 Å². The zero-order valence-electron chi connectivity index (χ0n) is 11.8. The first-order valence-electron chi connectivity index (χ1n) is 7.09. The van der Waals surface area contributed by atoms with Crippen LogP contribution in [0.3, 0.4) is 0 Å². The van der Waals surface area contributed by atoms with Gasteiger partial charge in [-0.3, -0.25) is 11.3 Å². The highest BCUT2D eigenvalue weighted by atomic mass is 32.1. The van der Waals surface area contributed by atoms with Crippen molar-refractivity contribution >= 4 is 11.3 Å². The first-order valence-corrected chi connectivity index (χ1v) is 7.97. The Morgan fingerprint density at radius 3 is 2.50 bits per heavy atom. The fourth-order valence-corrected chi connectivity index (χ4v) is 4.84. The molecule has 18 heavy (non-hydrogen) atoms. The van der Waals surface area contributed by atoms with E-state index in [1.54, 1.807) is 0 Å². The third-order valence-electron chi connectivity index (χ3n) is 4.36. The van der Waals surface area contributed by atoms with Crippen LogP contribution in [0.5, 0.6) is 0 Å². The van der Waals surface area contributed by atoms with Crippen LogP contribution in [0.1, 0.15) is 62.4 Å². The Morgan fingerprint density at radius 2 is 2.06 bits per heavy atom. The van der Waals surface area contributed by atoms with E-state index in [0.29, 0.717) is 11.5 Å². The molecule has 1 aromatic heterocycles. The number of aryl methyl sites for hydroxylation is 1. The van der Waals surface area contributed by atoms with E-state index in [-0.39, 0.29) is 0 Å². The van der Waals surface area contributed by atoms with Crippen molar-refractivity contribution in [1.29, 1.82) is 0 Å². The summed E-state index contributed by atoms with van der Waals surface area (Å²) in [4.78, 5) is 1.44. The first-order chi connectivity index (χ1) is 8.59. The number of hydrogen-bond donors (Lipinski definition) is 2. The highest BCUT2D eigenvalue weighted by Gasteiger charge is 2.42. The molecule has 0 aliphatic heterocycles. The molecule has 102 valence electrons. The summed E-state index contributed by atoms with van der Waals surface area (Å²) in [6, 6.07) is 2.55. The SMILES string of the molecule is Cc1ccsc1C(NN)C1(CC(C)C)CCCC1. The Labute approximate surface area is 115 Å². The monoisotopic (exact) mass is 266 g/mol. The molecule has 0 spiro atoms. The third-order valence-corrected chi connectivity index (χ3v) is 5.44. The van der Waals surface area contributed by atoms with Gasteiger partial charge in [0.2, 0.25) is 0 Å². The van der Waals surface area contributed by atoms with E-state index in [1.165, 1.54) is 42.5 Å². The van der Waals surface area contributed by atoms with Crippen LogP contribution in [0.4, 0.5) is 0 Å². The lowest BCUT2D eigenvalue weighted by molar-refractivity contribution is 0.158. The molecule has 1 unspecified atom stereocenters. The zero-order valence-corrected chi connectivity index (χ0v) is 12.6. The van der Waals surface area contributed by atoms with E-state index < -0.39 is 0 Å². The van der Waals surface area contributed by atoms with Gasteiger partial charge in [0.05, 0.1) is 6.04 Å². The highest BCUT2D eigenvalue weighted by Crippen LogP contribution is 2.52. The maximum Gasteiger partial charge on any atom is 0.0612 e. The normalized spacial score (nSPS) is 20.5. The summed E-state index contributed by atoms with van der Waals surface area (Å²) >= 11 is 1.85. The first kappa shape index (κ1) is 14.0. The van der Waals surface area contributed by atoms with Gasteiger partial charge in [0, 0.05) is 4.88 Å². The number of nitrogens with two attached hydrogens (primary N) is 1. The molecule has 1 fully saturated rings. The van der Waals surface area contributed by atoms with Gasteiger partial charge >= 0.3 is 0 Å².